The van der Waals surface area contributed by atoms with E-state index in [4.69, 9.17) is 9.47 Å². The van der Waals surface area contributed by atoms with Crippen molar-refractivity contribution in [3.05, 3.63) is 53.6 Å². The Morgan fingerprint density at radius 1 is 0.431 bits per heavy atom. The van der Waals surface area contributed by atoms with Gasteiger partial charge in [-0.15, -0.1) is 0 Å². The van der Waals surface area contributed by atoms with Crippen LogP contribution in [0.1, 0.15) is 291 Å². The smallest absolute Gasteiger partial charge is 0.744 e. The van der Waals surface area contributed by atoms with Crippen LogP contribution in [0.4, 0.5) is 0 Å². The van der Waals surface area contributed by atoms with Gasteiger partial charge in [0.2, 0.25) is 0 Å². The van der Waals surface area contributed by atoms with Crippen molar-refractivity contribution in [2.75, 3.05) is 13.2 Å². The summed E-state index contributed by atoms with van der Waals surface area (Å²) < 4.78 is 47.0. The molecule has 370 valence electrons. The van der Waals surface area contributed by atoms with Gasteiger partial charge in [-0.2, -0.15) is 0 Å². The van der Waals surface area contributed by atoms with Gasteiger partial charge in [0, 0.05) is 0 Å². The SMILES string of the molecule is CCCCCCCCCCC/C=C/CCCCCCCCCCCOC(=O)c1cccc(S(=O)(=O)[O-])c1C(=O)OCCCCCCCCCCC/C=C/CCCCCCCCCCC.[Na+]. The van der Waals surface area contributed by atoms with Crippen molar-refractivity contribution in [1.29, 1.82) is 0 Å². The van der Waals surface area contributed by atoms with E-state index in [9.17, 15) is 22.6 Å². The van der Waals surface area contributed by atoms with Crippen LogP contribution in [0.5, 0.6) is 0 Å². The summed E-state index contributed by atoms with van der Waals surface area (Å²) in [7, 11) is -5.02. The van der Waals surface area contributed by atoms with Crippen molar-refractivity contribution in [2.24, 2.45) is 0 Å². The van der Waals surface area contributed by atoms with Gasteiger partial charge in [0.25, 0.3) is 0 Å². The molecule has 0 aromatic heterocycles. The number of allylic oxidation sites excluding steroid dienone is 4. The molecule has 9 heteroatoms. The van der Waals surface area contributed by atoms with Crippen LogP contribution in [0.25, 0.3) is 0 Å². The van der Waals surface area contributed by atoms with E-state index in [1.807, 2.05) is 0 Å². The summed E-state index contributed by atoms with van der Waals surface area (Å²) in [6, 6.07) is 3.65. The molecule has 0 aliphatic rings. The summed E-state index contributed by atoms with van der Waals surface area (Å²) in [4.78, 5) is 25.3. The molecule has 7 nitrogen and oxygen atoms in total. The minimum atomic E-state index is -5.02. The monoisotopic (exact) mass is 937 g/mol. The predicted molar refractivity (Wildman–Crippen MR) is 269 cm³/mol. The van der Waals surface area contributed by atoms with Crippen LogP contribution in [-0.2, 0) is 19.6 Å². The van der Waals surface area contributed by atoms with E-state index in [-0.39, 0.29) is 48.3 Å². The van der Waals surface area contributed by atoms with Crippen molar-refractivity contribution in [3.8, 4) is 0 Å². The van der Waals surface area contributed by atoms with Crippen molar-refractivity contribution < 1.29 is 61.6 Å². The zero-order valence-corrected chi connectivity index (χ0v) is 45.3. The van der Waals surface area contributed by atoms with Crippen LogP contribution in [0.15, 0.2) is 47.4 Å². The van der Waals surface area contributed by atoms with Crippen molar-refractivity contribution >= 4 is 22.1 Å². The third-order valence-electron chi connectivity index (χ3n) is 12.5. The van der Waals surface area contributed by atoms with Gasteiger partial charge in [-0.1, -0.05) is 237 Å². The van der Waals surface area contributed by atoms with Gasteiger partial charge in [-0.25, -0.2) is 18.0 Å². The molecule has 0 amide bonds. The Hall–Kier alpha value is -1.45. The summed E-state index contributed by atoms with van der Waals surface area (Å²) >= 11 is 0. The average molecular weight is 937 g/mol. The van der Waals surface area contributed by atoms with E-state index in [1.165, 1.54) is 218 Å². The molecule has 0 fully saturated rings. The fraction of sp³-hybridized carbons (Fsp3) is 0.786. The first-order valence-electron chi connectivity index (χ1n) is 27.1. The molecule has 0 heterocycles. The number of hydrogen-bond donors (Lipinski definition) is 0. The fourth-order valence-corrected chi connectivity index (χ4v) is 9.11. The standard InChI is InChI=1S/C56H98O7S.Na/c1-3-5-7-9-11-13-15-17-19-21-23-25-27-29-31-33-35-37-39-41-43-45-50-62-55(57)52-48-47-49-53(64(59,60)61)54(52)56(58)63-51-46-44-42-40-38-36-34-32-30-28-26-24-22-20-18-16-14-12-10-8-6-4-2;/h23-26,47-49H,3-22,27-46,50-51H2,1-2H3,(H,59,60,61);/q;+1/p-1/b25-23+,26-24+;. The Kier molecular flexibility index (Phi) is 46.5. The van der Waals surface area contributed by atoms with Gasteiger partial charge >= 0.3 is 41.5 Å². The molecule has 0 radical (unpaired) electrons. The van der Waals surface area contributed by atoms with Gasteiger partial charge in [-0.3, -0.25) is 0 Å². The molecular formula is C56H97NaO7S. The summed E-state index contributed by atoms with van der Waals surface area (Å²) in [5, 5.41) is 0. The van der Waals surface area contributed by atoms with Crippen LogP contribution in [0.3, 0.4) is 0 Å². The van der Waals surface area contributed by atoms with Gasteiger partial charge in [0.1, 0.15) is 10.1 Å². The number of ether oxygens (including phenoxy) is 2. The molecule has 1 aromatic carbocycles. The largest absolute Gasteiger partial charge is 1.00 e. The van der Waals surface area contributed by atoms with Crippen LogP contribution in [-0.4, -0.2) is 38.1 Å². The first-order valence-corrected chi connectivity index (χ1v) is 28.5. The molecule has 0 atom stereocenters. The molecule has 1 rings (SSSR count). The third kappa shape index (κ3) is 39.1. The van der Waals surface area contributed by atoms with E-state index in [0.717, 1.165) is 44.6 Å². The fourth-order valence-electron chi connectivity index (χ4n) is 8.42. The summed E-state index contributed by atoms with van der Waals surface area (Å²) in [6.45, 7) is 4.79. The number of rotatable bonds is 47. The second-order valence-electron chi connectivity index (χ2n) is 18.5. The van der Waals surface area contributed by atoms with Gasteiger partial charge < -0.3 is 14.0 Å². The molecule has 0 aliphatic carbocycles. The molecule has 65 heavy (non-hydrogen) atoms. The van der Waals surface area contributed by atoms with Gasteiger partial charge in [0.05, 0.1) is 29.2 Å². The van der Waals surface area contributed by atoms with Crippen molar-refractivity contribution in [3.63, 3.8) is 0 Å². The minimum Gasteiger partial charge on any atom is -0.744 e. The quantitative estimate of drug-likeness (QED) is 0.0210. The molecule has 0 saturated carbocycles. The molecule has 0 unspecified atom stereocenters. The normalized spacial score (nSPS) is 11.7. The van der Waals surface area contributed by atoms with Crippen LogP contribution >= 0.6 is 0 Å². The topological polar surface area (TPSA) is 110 Å². The van der Waals surface area contributed by atoms with Crippen LogP contribution in [0, 0.1) is 0 Å². The Morgan fingerprint density at radius 3 is 1.02 bits per heavy atom. The summed E-state index contributed by atoms with van der Waals surface area (Å²) in [5.41, 5.74) is -0.775. The average Bonchev–Trinajstić information content (AvgIpc) is 3.28. The van der Waals surface area contributed by atoms with E-state index in [1.54, 1.807) is 0 Å². The minimum absolute atomic E-state index is 0. The Bertz CT molecular complexity index is 1410. The second kappa shape index (κ2) is 47.6. The molecule has 0 saturated heterocycles. The molecule has 1 aromatic rings. The first-order chi connectivity index (χ1) is 31.3. The van der Waals surface area contributed by atoms with E-state index in [0.29, 0.717) is 12.8 Å². The number of benzene rings is 1. The predicted octanol–water partition coefficient (Wildman–Crippen LogP) is 14.7. The Balaban J connectivity index is 0.0000410. The van der Waals surface area contributed by atoms with Gasteiger partial charge in [-0.05, 0) is 76.3 Å². The number of esters is 2. The molecule has 0 aliphatic heterocycles. The zero-order valence-electron chi connectivity index (χ0n) is 42.5. The number of carbonyl (C=O) groups excluding carboxylic acids is 2. The number of unbranched alkanes of at least 4 members (excludes halogenated alkanes) is 36. The van der Waals surface area contributed by atoms with Gasteiger partial charge in [0.15, 0.2) is 0 Å². The maximum absolute atomic E-state index is 13.1. The third-order valence-corrected chi connectivity index (χ3v) is 13.4. The molecule has 0 bridgehead atoms. The molecule has 0 N–H and O–H groups in total. The summed E-state index contributed by atoms with van der Waals surface area (Å²) in [6.07, 6.45) is 59.1. The molecule has 0 spiro atoms. The Morgan fingerprint density at radius 2 is 0.708 bits per heavy atom. The van der Waals surface area contributed by atoms with E-state index in [2.05, 4.69) is 38.2 Å². The van der Waals surface area contributed by atoms with Crippen LogP contribution < -0.4 is 29.6 Å². The van der Waals surface area contributed by atoms with E-state index >= 15 is 0 Å². The number of carbonyl (C=O) groups is 2. The second-order valence-corrected chi connectivity index (χ2v) is 19.9. The van der Waals surface area contributed by atoms with E-state index < -0.39 is 32.5 Å². The maximum atomic E-state index is 13.1. The van der Waals surface area contributed by atoms with Crippen LogP contribution in [0.2, 0.25) is 0 Å². The summed E-state index contributed by atoms with van der Waals surface area (Å²) in [5.74, 6) is -1.81. The van der Waals surface area contributed by atoms with Crippen molar-refractivity contribution in [1.82, 2.24) is 0 Å². The Labute approximate surface area is 423 Å². The number of hydrogen-bond acceptors (Lipinski definition) is 7. The van der Waals surface area contributed by atoms with Crippen molar-refractivity contribution in [2.45, 2.75) is 276 Å². The molecular weight excluding hydrogens is 840 g/mol. The maximum Gasteiger partial charge on any atom is 1.00 e. The first kappa shape index (κ1) is 63.5. The zero-order chi connectivity index (χ0) is 46.4.